The van der Waals surface area contributed by atoms with Crippen molar-refractivity contribution in [2.24, 2.45) is 17.1 Å². The maximum atomic E-state index is 11.2. The Kier molecular flexibility index (Phi) is 5.68. The molecule has 1 fully saturated rings. The smallest absolute Gasteiger partial charge is 0.305 e. The molecule has 0 spiro atoms. The molecule has 0 radical (unpaired) electrons. The van der Waals surface area contributed by atoms with E-state index in [4.69, 9.17) is 15.6 Å². The molecular formula is C14H26N2O4. The number of hydrogen-bond donors (Lipinski definition) is 3. The van der Waals surface area contributed by atoms with E-state index in [1.807, 2.05) is 0 Å². The second kappa shape index (κ2) is 6.65. The van der Waals surface area contributed by atoms with Gasteiger partial charge in [-0.3, -0.25) is 10.1 Å². The average molecular weight is 286 g/mol. The molecule has 0 saturated heterocycles. The summed E-state index contributed by atoms with van der Waals surface area (Å²) >= 11 is 0. The van der Waals surface area contributed by atoms with Crippen LogP contribution in [0.15, 0.2) is 0 Å². The predicted octanol–water partition coefficient (Wildman–Crippen LogP) is 0.746. The molecule has 2 unspecified atom stereocenters. The van der Waals surface area contributed by atoms with Crippen molar-refractivity contribution in [1.82, 2.24) is 5.32 Å². The van der Waals surface area contributed by atoms with Crippen molar-refractivity contribution >= 4 is 12.3 Å². The maximum Gasteiger partial charge on any atom is 0.305 e. The quantitative estimate of drug-likeness (QED) is 0.449. The van der Waals surface area contributed by atoms with Crippen LogP contribution in [0.2, 0.25) is 0 Å². The first-order valence-corrected chi connectivity index (χ1v) is 7.08. The fourth-order valence-corrected chi connectivity index (χ4v) is 3.17. The van der Waals surface area contributed by atoms with Crippen LogP contribution in [0, 0.1) is 11.3 Å². The number of carboxylic acid groups (broad SMARTS) is 1. The van der Waals surface area contributed by atoms with Crippen LogP contribution in [0.5, 0.6) is 0 Å². The Morgan fingerprint density at radius 1 is 1.60 bits per heavy atom. The molecule has 0 aromatic heterocycles. The van der Waals surface area contributed by atoms with E-state index in [1.165, 1.54) is 0 Å². The Labute approximate surface area is 120 Å². The van der Waals surface area contributed by atoms with Crippen molar-refractivity contribution in [2.45, 2.75) is 51.8 Å². The summed E-state index contributed by atoms with van der Waals surface area (Å²) in [5.74, 6) is -0.827. The highest BCUT2D eigenvalue weighted by molar-refractivity contribution is 5.73. The van der Waals surface area contributed by atoms with E-state index >= 15 is 0 Å². The zero-order chi connectivity index (χ0) is 15.4. The van der Waals surface area contributed by atoms with Gasteiger partial charge >= 0.3 is 5.97 Å². The highest BCUT2D eigenvalue weighted by atomic mass is 16.5. The molecule has 1 aliphatic carbocycles. The van der Waals surface area contributed by atoms with Gasteiger partial charge < -0.3 is 20.4 Å². The molecule has 20 heavy (non-hydrogen) atoms. The number of aldehydes is 1. The minimum absolute atomic E-state index is 0.181. The highest BCUT2D eigenvalue weighted by Crippen LogP contribution is 2.50. The zero-order valence-corrected chi connectivity index (χ0v) is 12.5. The molecule has 3 atom stereocenters. The van der Waals surface area contributed by atoms with Gasteiger partial charge in [-0.1, -0.05) is 20.8 Å². The summed E-state index contributed by atoms with van der Waals surface area (Å²) in [6.07, 6.45) is 2.30. The summed E-state index contributed by atoms with van der Waals surface area (Å²) in [6, 6.07) is -0.759. The van der Waals surface area contributed by atoms with Gasteiger partial charge in [-0.25, -0.2) is 0 Å². The summed E-state index contributed by atoms with van der Waals surface area (Å²) in [5, 5.41) is 12.0. The molecule has 1 aliphatic rings. The Bertz CT molecular complexity index is 359. The van der Waals surface area contributed by atoms with E-state index in [9.17, 15) is 9.59 Å². The van der Waals surface area contributed by atoms with Crippen LogP contribution in [-0.4, -0.2) is 42.3 Å². The summed E-state index contributed by atoms with van der Waals surface area (Å²) in [4.78, 5) is 22.0. The monoisotopic (exact) mass is 286 g/mol. The molecule has 0 bridgehead atoms. The van der Waals surface area contributed by atoms with Gasteiger partial charge in [0.05, 0.1) is 19.1 Å². The van der Waals surface area contributed by atoms with Crippen LogP contribution < -0.4 is 11.1 Å². The van der Waals surface area contributed by atoms with Crippen LogP contribution in [0.4, 0.5) is 0 Å². The van der Waals surface area contributed by atoms with Crippen LogP contribution in [0.3, 0.4) is 0 Å². The largest absolute Gasteiger partial charge is 0.481 e. The molecule has 1 saturated carbocycles. The number of nitrogens with two attached hydrogens (primary N) is 1. The molecule has 1 rings (SSSR count). The third-order valence-corrected chi connectivity index (χ3v) is 4.31. The lowest BCUT2D eigenvalue weighted by Gasteiger charge is -2.46. The fourth-order valence-electron chi connectivity index (χ4n) is 3.17. The van der Waals surface area contributed by atoms with Crippen molar-refractivity contribution < 1.29 is 19.4 Å². The number of carboxylic acids is 1. The number of hydrogen-bond acceptors (Lipinski definition) is 5. The molecule has 0 amide bonds. The number of nitrogens with one attached hydrogen (secondary N) is 1. The Morgan fingerprint density at radius 2 is 2.25 bits per heavy atom. The topological polar surface area (TPSA) is 102 Å². The molecular weight excluding hydrogens is 260 g/mol. The second-order valence-electron chi connectivity index (χ2n) is 6.18. The van der Waals surface area contributed by atoms with Gasteiger partial charge in [0.1, 0.15) is 12.0 Å². The first-order chi connectivity index (χ1) is 9.29. The van der Waals surface area contributed by atoms with Crippen molar-refractivity contribution in [3.8, 4) is 0 Å². The number of carbonyl (C=O) groups is 2. The number of carbonyl (C=O) groups excluding carboxylic acids is 1. The number of aliphatic carboxylic acids is 1. The molecule has 0 heterocycles. The Morgan fingerprint density at radius 3 is 2.65 bits per heavy atom. The van der Waals surface area contributed by atoms with E-state index in [1.54, 1.807) is 0 Å². The van der Waals surface area contributed by atoms with Gasteiger partial charge in [0, 0.05) is 12.0 Å². The minimum Gasteiger partial charge on any atom is -0.481 e. The molecule has 0 aromatic rings. The third-order valence-electron chi connectivity index (χ3n) is 4.31. The summed E-state index contributed by atoms with van der Waals surface area (Å²) in [5.41, 5.74) is 4.62. The van der Waals surface area contributed by atoms with Crippen molar-refractivity contribution in [3.63, 3.8) is 0 Å². The van der Waals surface area contributed by atoms with Crippen LogP contribution in [-0.2, 0) is 14.3 Å². The molecule has 116 valence electrons. The van der Waals surface area contributed by atoms with Gasteiger partial charge in [0.15, 0.2) is 0 Å². The average Bonchev–Trinajstić information content (AvgIpc) is 2.59. The third kappa shape index (κ3) is 3.37. The summed E-state index contributed by atoms with van der Waals surface area (Å²) < 4.78 is 5.99. The van der Waals surface area contributed by atoms with Crippen molar-refractivity contribution in [3.05, 3.63) is 0 Å². The lowest BCUT2D eigenvalue weighted by Crippen LogP contribution is -2.62. The molecule has 0 aliphatic heterocycles. The van der Waals surface area contributed by atoms with E-state index in [2.05, 4.69) is 26.1 Å². The number of rotatable bonds is 8. The van der Waals surface area contributed by atoms with Gasteiger partial charge in [0.2, 0.25) is 0 Å². The van der Waals surface area contributed by atoms with Gasteiger partial charge in [-0.05, 0) is 18.8 Å². The Hall–Kier alpha value is -0.980. The Balaban J connectivity index is 2.98. The van der Waals surface area contributed by atoms with Crippen molar-refractivity contribution in [1.29, 1.82) is 0 Å². The molecule has 6 nitrogen and oxygen atoms in total. The first-order valence-electron chi connectivity index (χ1n) is 7.08. The van der Waals surface area contributed by atoms with E-state index in [0.717, 1.165) is 12.8 Å². The summed E-state index contributed by atoms with van der Waals surface area (Å²) in [6.45, 7) is 6.96. The normalized spacial score (nSPS) is 30.1. The predicted molar refractivity (Wildman–Crippen MR) is 75.2 cm³/mol. The van der Waals surface area contributed by atoms with Crippen LogP contribution in [0.25, 0.3) is 0 Å². The lowest BCUT2D eigenvalue weighted by atomic mass is 9.80. The number of ether oxygens (including phenoxy) is 1. The van der Waals surface area contributed by atoms with Crippen molar-refractivity contribution in [2.75, 3.05) is 13.2 Å². The van der Waals surface area contributed by atoms with E-state index in [0.29, 0.717) is 19.4 Å². The zero-order valence-electron chi connectivity index (χ0n) is 12.5. The maximum absolute atomic E-state index is 11.2. The lowest BCUT2D eigenvalue weighted by molar-refractivity contribution is -0.160. The van der Waals surface area contributed by atoms with Gasteiger partial charge in [0.25, 0.3) is 0 Å². The molecule has 4 N–H and O–H groups in total. The highest BCUT2D eigenvalue weighted by Gasteiger charge is 2.55. The van der Waals surface area contributed by atoms with Crippen LogP contribution in [0.1, 0.15) is 40.0 Å². The standard InChI is InChI=1S/C14H26N2O4/c1-10-4-5-13(2,3)14(10,20-7-6-15)16-11(9-17)8-12(18)19/h9-11,16H,4-8,15H2,1-3H3,(H,18,19)/t10?,11-,14?/m0/s1. The van der Waals surface area contributed by atoms with Gasteiger partial charge in [-0.2, -0.15) is 0 Å². The first kappa shape index (κ1) is 17.1. The summed E-state index contributed by atoms with van der Waals surface area (Å²) in [7, 11) is 0. The molecule has 0 aromatic carbocycles. The minimum atomic E-state index is -1.01. The fraction of sp³-hybridized carbons (Fsp3) is 0.857. The SMILES string of the molecule is CC1CCC(C)(C)C1(N[C@H](C=O)CC(=O)O)OCCN. The van der Waals surface area contributed by atoms with Gasteiger partial charge in [-0.15, -0.1) is 0 Å². The van der Waals surface area contributed by atoms with E-state index < -0.39 is 17.7 Å². The van der Waals surface area contributed by atoms with Crippen LogP contribution >= 0.6 is 0 Å². The van der Waals surface area contributed by atoms with E-state index in [-0.39, 0.29) is 17.8 Å². The molecule has 6 heteroatoms. The second-order valence-corrected chi connectivity index (χ2v) is 6.18.